The van der Waals surface area contributed by atoms with E-state index in [9.17, 15) is 4.79 Å². The van der Waals surface area contributed by atoms with E-state index in [4.69, 9.17) is 4.42 Å². The first-order valence-corrected chi connectivity index (χ1v) is 4.40. The van der Waals surface area contributed by atoms with Crippen LogP contribution in [0.25, 0.3) is 0 Å². The highest BCUT2D eigenvalue weighted by atomic mass is 16.3. The van der Waals surface area contributed by atoms with Crippen molar-refractivity contribution in [1.29, 1.82) is 0 Å². The maximum atomic E-state index is 10.7. The fourth-order valence-corrected chi connectivity index (χ4v) is 1.09. The Labute approximate surface area is 83.0 Å². The van der Waals surface area contributed by atoms with Gasteiger partial charge < -0.3 is 4.42 Å². The van der Waals surface area contributed by atoms with Crippen LogP contribution in [0.2, 0.25) is 0 Å². The number of hydrazine groups is 1. The molecule has 4 nitrogen and oxygen atoms in total. The quantitative estimate of drug-likeness (QED) is 0.552. The second-order valence-corrected chi connectivity index (χ2v) is 2.92. The van der Waals surface area contributed by atoms with Crippen molar-refractivity contribution in [3.05, 3.63) is 36.8 Å². The number of carbonyl (C=O) groups excluding carboxylic acids is 1. The average Bonchev–Trinajstić information content (AvgIpc) is 2.64. The number of hydrogen-bond donors (Lipinski definition) is 2. The van der Waals surface area contributed by atoms with Crippen molar-refractivity contribution in [2.75, 3.05) is 0 Å². The molecule has 0 aliphatic heterocycles. The van der Waals surface area contributed by atoms with Crippen LogP contribution in [-0.2, 0) is 4.79 Å². The smallest absolute Gasteiger partial charge is 0.230 e. The van der Waals surface area contributed by atoms with Crippen LogP contribution in [0.5, 0.6) is 0 Å². The Hall–Kier alpha value is -1.55. The first kappa shape index (κ1) is 10.5. The first-order valence-electron chi connectivity index (χ1n) is 4.40. The number of hydrogen-bond acceptors (Lipinski definition) is 3. The van der Waals surface area contributed by atoms with Crippen molar-refractivity contribution in [2.45, 2.75) is 19.4 Å². The van der Waals surface area contributed by atoms with Crippen LogP contribution in [0.1, 0.15) is 25.1 Å². The van der Waals surface area contributed by atoms with Crippen molar-refractivity contribution in [2.24, 2.45) is 0 Å². The van der Waals surface area contributed by atoms with Gasteiger partial charge in [0, 0.05) is 6.92 Å². The second kappa shape index (κ2) is 5.24. The Morgan fingerprint density at radius 3 is 3.07 bits per heavy atom. The molecule has 1 rings (SSSR count). The summed E-state index contributed by atoms with van der Waals surface area (Å²) in [6, 6.07) is 3.59. The summed E-state index contributed by atoms with van der Waals surface area (Å²) in [7, 11) is 0. The van der Waals surface area contributed by atoms with Crippen LogP contribution in [-0.4, -0.2) is 5.91 Å². The molecule has 0 saturated carbocycles. The number of furan rings is 1. The Bertz CT molecular complexity index is 293. The van der Waals surface area contributed by atoms with Gasteiger partial charge in [0.15, 0.2) is 0 Å². The Kier molecular flexibility index (Phi) is 3.94. The lowest BCUT2D eigenvalue weighted by molar-refractivity contribution is -0.120. The SMILES string of the molecule is C=CC[C@@H](NNC(C)=O)c1ccco1. The monoisotopic (exact) mass is 194 g/mol. The van der Waals surface area contributed by atoms with Crippen molar-refractivity contribution >= 4 is 5.91 Å². The van der Waals surface area contributed by atoms with Crippen LogP contribution < -0.4 is 10.9 Å². The van der Waals surface area contributed by atoms with Gasteiger partial charge in [0.2, 0.25) is 5.91 Å². The molecular weight excluding hydrogens is 180 g/mol. The van der Waals surface area contributed by atoms with E-state index in [1.165, 1.54) is 6.92 Å². The zero-order chi connectivity index (χ0) is 10.4. The molecular formula is C10H14N2O2. The molecule has 1 aromatic heterocycles. The van der Waals surface area contributed by atoms with Gasteiger partial charge in [0.25, 0.3) is 0 Å². The van der Waals surface area contributed by atoms with Gasteiger partial charge in [0.1, 0.15) is 5.76 Å². The number of nitrogens with one attached hydrogen (secondary N) is 2. The van der Waals surface area contributed by atoms with Crippen molar-refractivity contribution < 1.29 is 9.21 Å². The predicted molar refractivity (Wildman–Crippen MR) is 53.2 cm³/mol. The summed E-state index contributed by atoms with van der Waals surface area (Å²) < 4.78 is 5.22. The molecule has 4 heteroatoms. The largest absolute Gasteiger partial charge is 0.468 e. The fraction of sp³-hybridized carbons (Fsp3) is 0.300. The summed E-state index contributed by atoms with van der Waals surface area (Å²) in [5.74, 6) is 0.643. The molecule has 0 radical (unpaired) electrons. The first-order chi connectivity index (χ1) is 6.74. The van der Waals surface area contributed by atoms with Crippen LogP contribution in [0, 0.1) is 0 Å². The lowest BCUT2D eigenvalue weighted by Gasteiger charge is -2.14. The third kappa shape index (κ3) is 3.06. The topological polar surface area (TPSA) is 54.3 Å². The number of amides is 1. The van der Waals surface area contributed by atoms with Crippen LogP contribution in [0.4, 0.5) is 0 Å². The highest BCUT2D eigenvalue weighted by Gasteiger charge is 2.11. The Balaban J connectivity index is 2.55. The van der Waals surface area contributed by atoms with E-state index in [0.29, 0.717) is 6.42 Å². The van der Waals surface area contributed by atoms with Gasteiger partial charge >= 0.3 is 0 Å². The van der Waals surface area contributed by atoms with E-state index in [0.717, 1.165) is 5.76 Å². The minimum absolute atomic E-state index is 0.0635. The number of rotatable bonds is 5. The minimum Gasteiger partial charge on any atom is -0.468 e. The molecule has 0 aromatic carbocycles. The normalized spacial score (nSPS) is 12.1. The third-order valence-electron chi connectivity index (χ3n) is 1.71. The summed E-state index contributed by atoms with van der Waals surface area (Å²) in [5, 5.41) is 0. The standard InChI is InChI=1S/C10H14N2O2/c1-3-5-9(12-11-8(2)13)10-6-4-7-14-10/h3-4,6-7,9,12H,1,5H2,2H3,(H,11,13)/t9-/m1/s1. The minimum atomic E-state index is -0.134. The van der Waals surface area contributed by atoms with Crippen LogP contribution >= 0.6 is 0 Å². The summed E-state index contributed by atoms with van der Waals surface area (Å²) in [6.07, 6.45) is 4.05. The predicted octanol–water partition coefficient (Wildman–Crippen LogP) is 1.54. The molecule has 1 heterocycles. The van der Waals surface area contributed by atoms with E-state index in [1.807, 2.05) is 6.07 Å². The molecule has 0 saturated heterocycles. The van der Waals surface area contributed by atoms with Gasteiger partial charge in [-0.15, -0.1) is 6.58 Å². The van der Waals surface area contributed by atoms with E-state index < -0.39 is 0 Å². The summed E-state index contributed by atoms with van der Waals surface area (Å²) in [4.78, 5) is 10.7. The lowest BCUT2D eigenvalue weighted by Crippen LogP contribution is -2.38. The molecule has 76 valence electrons. The highest BCUT2D eigenvalue weighted by Crippen LogP contribution is 2.16. The number of carbonyl (C=O) groups is 1. The fourth-order valence-electron chi connectivity index (χ4n) is 1.09. The molecule has 0 aliphatic rings. The zero-order valence-corrected chi connectivity index (χ0v) is 8.12. The van der Waals surface area contributed by atoms with Crippen molar-refractivity contribution in [3.63, 3.8) is 0 Å². The van der Waals surface area contributed by atoms with Gasteiger partial charge in [-0.2, -0.15) is 0 Å². The van der Waals surface area contributed by atoms with Gasteiger partial charge in [-0.1, -0.05) is 6.08 Å². The Morgan fingerprint density at radius 2 is 2.57 bits per heavy atom. The van der Waals surface area contributed by atoms with Crippen molar-refractivity contribution in [3.8, 4) is 0 Å². The highest BCUT2D eigenvalue weighted by molar-refractivity contribution is 5.72. The average molecular weight is 194 g/mol. The van der Waals surface area contributed by atoms with Gasteiger partial charge in [-0.05, 0) is 18.6 Å². The van der Waals surface area contributed by atoms with E-state index in [2.05, 4.69) is 17.4 Å². The molecule has 0 bridgehead atoms. The maximum absolute atomic E-state index is 10.7. The van der Waals surface area contributed by atoms with Crippen LogP contribution in [0.3, 0.4) is 0 Å². The molecule has 1 amide bonds. The third-order valence-corrected chi connectivity index (χ3v) is 1.71. The zero-order valence-electron chi connectivity index (χ0n) is 8.12. The molecule has 0 spiro atoms. The van der Waals surface area contributed by atoms with Crippen LogP contribution in [0.15, 0.2) is 35.5 Å². The summed E-state index contributed by atoms with van der Waals surface area (Å²) in [6.45, 7) is 5.09. The molecule has 0 unspecified atom stereocenters. The summed E-state index contributed by atoms with van der Waals surface area (Å²) >= 11 is 0. The lowest BCUT2D eigenvalue weighted by atomic mass is 10.1. The van der Waals surface area contributed by atoms with Crippen molar-refractivity contribution in [1.82, 2.24) is 10.9 Å². The summed E-state index contributed by atoms with van der Waals surface area (Å²) in [5.41, 5.74) is 5.38. The van der Waals surface area contributed by atoms with Gasteiger partial charge in [0.05, 0.1) is 12.3 Å². The van der Waals surface area contributed by atoms with Gasteiger partial charge in [-0.25, -0.2) is 5.43 Å². The van der Waals surface area contributed by atoms with E-state index in [1.54, 1.807) is 18.4 Å². The molecule has 1 atom stereocenters. The molecule has 0 aliphatic carbocycles. The second-order valence-electron chi connectivity index (χ2n) is 2.92. The maximum Gasteiger partial charge on any atom is 0.230 e. The van der Waals surface area contributed by atoms with E-state index in [-0.39, 0.29) is 11.9 Å². The van der Waals surface area contributed by atoms with Gasteiger partial charge in [-0.3, -0.25) is 10.2 Å². The molecule has 2 N–H and O–H groups in total. The van der Waals surface area contributed by atoms with E-state index >= 15 is 0 Å². The Morgan fingerprint density at radius 1 is 1.79 bits per heavy atom. The molecule has 0 fully saturated rings. The molecule has 14 heavy (non-hydrogen) atoms. The molecule has 1 aromatic rings.